The molecular formula is C7H18ClNO3. The molecule has 0 atom stereocenters. The van der Waals surface area contributed by atoms with Gasteiger partial charge >= 0.3 is 0 Å². The maximum absolute atomic E-state index is 5.30. The number of nitrogens with two attached hydrogens (primary N) is 1. The van der Waals surface area contributed by atoms with Gasteiger partial charge < -0.3 is 19.9 Å². The Labute approximate surface area is 79.8 Å². The van der Waals surface area contributed by atoms with Gasteiger partial charge in [0.1, 0.15) is 6.10 Å². The van der Waals surface area contributed by atoms with Crippen LogP contribution < -0.4 is 5.73 Å². The minimum atomic E-state index is 0. The molecule has 0 aromatic rings. The summed E-state index contributed by atoms with van der Waals surface area (Å²) in [7, 11) is 3.27. The molecule has 0 rings (SSSR count). The second-order valence-corrected chi connectivity index (χ2v) is 2.19. The van der Waals surface area contributed by atoms with Gasteiger partial charge in [-0.15, -0.1) is 12.4 Å². The summed E-state index contributed by atoms with van der Waals surface area (Å²) in [6.45, 7) is 2.18. The summed E-state index contributed by atoms with van der Waals surface area (Å²) < 4.78 is 15.1. The van der Waals surface area contributed by atoms with E-state index in [1.54, 1.807) is 14.2 Å². The van der Waals surface area contributed by atoms with E-state index in [2.05, 4.69) is 0 Å². The summed E-state index contributed by atoms with van der Waals surface area (Å²) in [5, 5.41) is 0. The fourth-order valence-corrected chi connectivity index (χ4v) is 0.751. The van der Waals surface area contributed by atoms with Crippen LogP contribution in [0.15, 0.2) is 0 Å². The number of hydrogen-bond donors (Lipinski definition) is 1. The van der Waals surface area contributed by atoms with Gasteiger partial charge in [0.25, 0.3) is 0 Å². The largest absolute Gasteiger partial charge is 0.382 e. The van der Waals surface area contributed by atoms with E-state index in [1.807, 2.05) is 0 Å². The van der Waals surface area contributed by atoms with E-state index < -0.39 is 0 Å². The van der Waals surface area contributed by atoms with Crippen molar-refractivity contribution in [3.05, 3.63) is 0 Å². The summed E-state index contributed by atoms with van der Waals surface area (Å²) >= 11 is 0. The van der Waals surface area contributed by atoms with Gasteiger partial charge in [-0.3, -0.25) is 0 Å². The molecule has 0 aromatic carbocycles. The third-order valence-corrected chi connectivity index (χ3v) is 1.18. The average molecular weight is 200 g/mol. The van der Waals surface area contributed by atoms with Gasteiger partial charge in [0, 0.05) is 20.8 Å². The van der Waals surface area contributed by atoms with Gasteiger partial charge in [-0.05, 0) is 0 Å². The average Bonchev–Trinajstić information content (AvgIpc) is 2.01. The Bertz CT molecular complexity index is 79.1. The highest BCUT2D eigenvalue weighted by Crippen LogP contribution is 1.92. The van der Waals surface area contributed by atoms with E-state index in [0.29, 0.717) is 26.4 Å². The van der Waals surface area contributed by atoms with Crippen molar-refractivity contribution in [3.8, 4) is 0 Å². The van der Waals surface area contributed by atoms with Crippen LogP contribution in [0.25, 0.3) is 0 Å². The Morgan fingerprint density at radius 1 is 1.17 bits per heavy atom. The SMILES string of the molecule is COCC(COC)OCCN.Cl. The topological polar surface area (TPSA) is 53.7 Å². The normalized spacial score (nSPS) is 10.0. The van der Waals surface area contributed by atoms with Gasteiger partial charge in [0.05, 0.1) is 19.8 Å². The van der Waals surface area contributed by atoms with E-state index in [1.165, 1.54) is 0 Å². The van der Waals surface area contributed by atoms with Crippen molar-refractivity contribution in [1.82, 2.24) is 0 Å². The summed E-state index contributed by atoms with van der Waals surface area (Å²) in [5.74, 6) is 0. The molecule has 0 bridgehead atoms. The number of rotatable bonds is 7. The molecule has 5 heteroatoms. The number of methoxy groups -OCH3 is 2. The zero-order chi connectivity index (χ0) is 8.53. The second kappa shape index (κ2) is 11.1. The first-order valence-electron chi connectivity index (χ1n) is 3.64. The van der Waals surface area contributed by atoms with Crippen LogP contribution in [0.1, 0.15) is 0 Å². The highest BCUT2D eigenvalue weighted by molar-refractivity contribution is 5.85. The first kappa shape index (κ1) is 14.6. The maximum atomic E-state index is 5.30. The number of hydrogen-bond acceptors (Lipinski definition) is 4. The van der Waals surface area contributed by atoms with E-state index in [9.17, 15) is 0 Å². The van der Waals surface area contributed by atoms with Gasteiger partial charge in [0.2, 0.25) is 0 Å². The molecular weight excluding hydrogens is 182 g/mol. The van der Waals surface area contributed by atoms with Gasteiger partial charge in [-0.1, -0.05) is 0 Å². The Morgan fingerprint density at radius 3 is 2.00 bits per heavy atom. The molecule has 0 aliphatic carbocycles. The molecule has 0 unspecified atom stereocenters. The number of ether oxygens (including phenoxy) is 3. The molecule has 2 N–H and O–H groups in total. The van der Waals surface area contributed by atoms with Crippen LogP contribution in [0.5, 0.6) is 0 Å². The molecule has 0 heterocycles. The molecule has 4 nitrogen and oxygen atoms in total. The van der Waals surface area contributed by atoms with Crippen LogP contribution in [0.2, 0.25) is 0 Å². The van der Waals surface area contributed by atoms with Crippen LogP contribution in [-0.4, -0.2) is 46.7 Å². The molecule has 0 saturated heterocycles. The van der Waals surface area contributed by atoms with Crippen molar-refractivity contribution in [2.24, 2.45) is 5.73 Å². The maximum Gasteiger partial charge on any atom is 0.104 e. The predicted molar refractivity (Wildman–Crippen MR) is 49.8 cm³/mol. The minimum Gasteiger partial charge on any atom is -0.382 e. The van der Waals surface area contributed by atoms with Crippen LogP contribution in [0, 0.1) is 0 Å². The van der Waals surface area contributed by atoms with Crippen LogP contribution in [0.4, 0.5) is 0 Å². The van der Waals surface area contributed by atoms with Crippen molar-refractivity contribution in [1.29, 1.82) is 0 Å². The van der Waals surface area contributed by atoms with Crippen LogP contribution >= 0.6 is 12.4 Å². The summed E-state index contributed by atoms with van der Waals surface area (Å²) in [4.78, 5) is 0. The molecule has 0 spiro atoms. The smallest absolute Gasteiger partial charge is 0.104 e. The molecule has 0 aromatic heterocycles. The minimum absolute atomic E-state index is 0. The van der Waals surface area contributed by atoms with Crippen molar-refractivity contribution < 1.29 is 14.2 Å². The number of halogens is 1. The first-order valence-corrected chi connectivity index (χ1v) is 3.64. The molecule has 0 aliphatic heterocycles. The zero-order valence-corrected chi connectivity index (χ0v) is 8.43. The molecule has 0 radical (unpaired) electrons. The van der Waals surface area contributed by atoms with E-state index >= 15 is 0 Å². The van der Waals surface area contributed by atoms with Crippen LogP contribution in [-0.2, 0) is 14.2 Å². The van der Waals surface area contributed by atoms with E-state index in [4.69, 9.17) is 19.9 Å². The van der Waals surface area contributed by atoms with Gasteiger partial charge in [0.15, 0.2) is 0 Å². The Morgan fingerprint density at radius 2 is 1.67 bits per heavy atom. The Hall–Kier alpha value is 0.130. The van der Waals surface area contributed by atoms with Crippen LogP contribution in [0.3, 0.4) is 0 Å². The third kappa shape index (κ3) is 8.23. The monoisotopic (exact) mass is 199 g/mol. The van der Waals surface area contributed by atoms with Crippen molar-refractivity contribution >= 4 is 12.4 Å². The van der Waals surface area contributed by atoms with Crippen molar-refractivity contribution in [2.75, 3.05) is 40.6 Å². The summed E-state index contributed by atoms with van der Waals surface area (Å²) in [6.07, 6.45) is 0.00792. The quantitative estimate of drug-likeness (QED) is 0.630. The highest BCUT2D eigenvalue weighted by Gasteiger charge is 2.06. The molecule has 0 saturated carbocycles. The van der Waals surface area contributed by atoms with E-state index in [0.717, 1.165) is 0 Å². The lowest BCUT2D eigenvalue weighted by atomic mass is 10.4. The van der Waals surface area contributed by atoms with Gasteiger partial charge in [-0.2, -0.15) is 0 Å². The fourth-order valence-electron chi connectivity index (χ4n) is 0.751. The molecule has 76 valence electrons. The van der Waals surface area contributed by atoms with E-state index in [-0.39, 0.29) is 18.5 Å². The van der Waals surface area contributed by atoms with Gasteiger partial charge in [-0.25, -0.2) is 0 Å². The standard InChI is InChI=1S/C7H17NO3.ClH/c1-9-5-7(6-10-2)11-4-3-8;/h7H,3-6,8H2,1-2H3;1H. The summed E-state index contributed by atoms with van der Waals surface area (Å²) in [6, 6.07) is 0. The summed E-state index contributed by atoms with van der Waals surface area (Å²) in [5.41, 5.74) is 5.26. The molecule has 0 amide bonds. The lowest BCUT2D eigenvalue weighted by molar-refractivity contribution is -0.0383. The zero-order valence-electron chi connectivity index (χ0n) is 7.62. The lowest BCUT2D eigenvalue weighted by Gasteiger charge is -2.14. The predicted octanol–water partition coefficient (Wildman–Crippen LogP) is 0.0449. The second-order valence-electron chi connectivity index (χ2n) is 2.19. The first-order chi connectivity index (χ1) is 5.35. The lowest BCUT2D eigenvalue weighted by Crippen LogP contribution is -2.27. The molecule has 0 fully saturated rings. The molecule has 12 heavy (non-hydrogen) atoms. The third-order valence-electron chi connectivity index (χ3n) is 1.18. The highest BCUT2D eigenvalue weighted by atomic mass is 35.5. The van der Waals surface area contributed by atoms with Crippen molar-refractivity contribution in [3.63, 3.8) is 0 Å². The fraction of sp³-hybridized carbons (Fsp3) is 1.00. The molecule has 0 aliphatic rings. The van der Waals surface area contributed by atoms with Crippen molar-refractivity contribution in [2.45, 2.75) is 6.10 Å². The Kier molecular flexibility index (Phi) is 13.6. The Balaban J connectivity index is 0.